The molecule has 0 aliphatic rings. The van der Waals surface area contributed by atoms with Crippen molar-refractivity contribution >= 4 is 15.9 Å². The number of nitrogens with zero attached hydrogens (tertiary/aromatic N) is 3. The highest BCUT2D eigenvalue weighted by Crippen LogP contribution is 2.17. The molecule has 2 aromatic heterocycles. The van der Waals surface area contributed by atoms with E-state index < -0.39 is 10.0 Å². The Morgan fingerprint density at radius 1 is 1.07 bits per heavy atom. The highest BCUT2D eigenvalue weighted by Gasteiger charge is 2.17. The van der Waals surface area contributed by atoms with Crippen LogP contribution in [0.5, 0.6) is 0 Å². The van der Waals surface area contributed by atoms with Gasteiger partial charge in [-0.05, 0) is 54.1 Å². The molecule has 0 fully saturated rings. The van der Waals surface area contributed by atoms with Crippen molar-refractivity contribution in [3.8, 4) is 11.3 Å². The van der Waals surface area contributed by atoms with E-state index in [-0.39, 0.29) is 10.8 Å². The SMILES string of the molecule is CN(C)S(=O)(=O)c1ccc(C(=O)NCc2ccnc(-c3cccnc3)c2)cc1. The zero-order chi connectivity index (χ0) is 20.1. The second-order valence-electron chi connectivity index (χ2n) is 6.29. The fourth-order valence-corrected chi connectivity index (χ4v) is 3.43. The summed E-state index contributed by atoms with van der Waals surface area (Å²) in [5.41, 5.74) is 2.96. The van der Waals surface area contributed by atoms with Crippen LogP contribution in [0.2, 0.25) is 0 Å². The molecule has 0 bridgehead atoms. The lowest BCUT2D eigenvalue weighted by molar-refractivity contribution is 0.0951. The van der Waals surface area contributed by atoms with Gasteiger partial charge in [-0.3, -0.25) is 14.8 Å². The third-order valence-electron chi connectivity index (χ3n) is 4.13. The molecule has 1 amide bonds. The first-order valence-corrected chi connectivity index (χ1v) is 9.98. The number of carbonyl (C=O) groups is 1. The van der Waals surface area contributed by atoms with E-state index in [1.807, 2.05) is 24.3 Å². The van der Waals surface area contributed by atoms with Crippen molar-refractivity contribution in [1.29, 1.82) is 0 Å². The second-order valence-corrected chi connectivity index (χ2v) is 8.44. The van der Waals surface area contributed by atoms with Crippen LogP contribution >= 0.6 is 0 Å². The van der Waals surface area contributed by atoms with Gasteiger partial charge in [-0.25, -0.2) is 12.7 Å². The van der Waals surface area contributed by atoms with Crippen LogP contribution in [-0.2, 0) is 16.6 Å². The fraction of sp³-hybridized carbons (Fsp3) is 0.150. The average Bonchev–Trinajstić information content (AvgIpc) is 2.73. The molecule has 2 heterocycles. The Labute approximate surface area is 164 Å². The van der Waals surface area contributed by atoms with E-state index in [2.05, 4.69) is 15.3 Å². The van der Waals surface area contributed by atoms with Crippen molar-refractivity contribution in [2.75, 3.05) is 14.1 Å². The molecule has 28 heavy (non-hydrogen) atoms. The molecule has 0 unspecified atom stereocenters. The first-order valence-electron chi connectivity index (χ1n) is 8.54. The third-order valence-corrected chi connectivity index (χ3v) is 5.96. The van der Waals surface area contributed by atoms with Gasteiger partial charge in [0, 0.05) is 50.4 Å². The molecule has 0 aliphatic carbocycles. The van der Waals surface area contributed by atoms with Gasteiger partial charge in [-0.2, -0.15) is 0 Å². The standard InChI is InChI=1S/C20H20N4O3S/c1-24(2)28(26,27)18-7-5-16(6-8-18)20(25)23-13-15-9-11-22-19(12-15)17-4-3-10-21-14-17/h3-12,14H,13H2,1-2H3,(H,23,25). The number of nitrogens with one attached hydrogen (secondary N) is 1. The molecule has 3 aromatic rings. The Morgan fingerprint density at radius 3 is 2.46 bits per heavy atom. The Kier molecular flexibility index (Phi) is 5.81. The van der Waals surface area contributed by atoms with Crippen molar-refractivity contribution in [2.45, 2.75) is 11.4 Å². The summed E-state index contributed by atoms with van der Waals surface area (Å²) < 4.78 is 25.3. The molecular formula is C20H20N4O3S. The van der Waals surface area contributed by atoms with Gasteiger partial charge >= 0.3 is 0 Å². The number of aromatic nitrogens is 2. The van der Waals surface area contributed by atoms with Crippen LogP contribution in [0.3, 0.4) is 0 Å². The lowest BCUT2D eigenvalue weighted by atomic mass is 10.1. The van der Waals surface area contributed by atoms with Crippen LogP contribution in [0, 0.1) is 0 Å². The van der Waals surface area contributed by atoms with E-state index in [9.17, 15) is 13.2 Å². The summed E-state index contributed by atoms with van der Waals surface area (Å²) in [4.78, 5) is 20.9. The molecule has 1 aromatic carbocycles. The minimum atomic E-state index is -3.52. The number of carbonyl (C=O) groups excluding carboxylic acids is 1. The maximum atomic E-state index is 12.4. The lowest BCUT2D eigenvalue weighted by Gasteiger charge is -2.12. The molecule has 0 saturated heterocycles. The number of pyridine rings is 2. The van der Waals surface area contributed by atoms with Crippen molar-refractivity contribution in [3.63, 3.8) is 0 Å². The monoisotopic (exact) mass is 396 g/mol. The van der Waals surface area contributed by atoms with E-state index in [0.29, 0.717) is 12.1 Å². The Bertz CT molecular complexity index is 1070. The number of rotatable bonds is 6. The van der Waals surface area contributed by atoms with Crippen molar-refractivity contribution < 1.29 is 13.2 Å². The van der Waals surface area contributed by atoms with Gasteiger partial charge in [-0.15, -0.1) is 0 Å². The third kappa shape index (κ3) is 4.41. The molecule has 0 aliphatic heterocycles. The van der Waals surface area contributed by atoms with E-state index >= 15 is 0 Å². The Hall–Kier alpha value is -3.10. The summed E-state index contributed by atoms with van der Waals surface area (Å²) in [5.74, 6) is -0.284. The second kappa shape index (κ2) is 8.28. The zero-order valence-corrected chi connectivity index (χ0v) is 16.3. The van der Waals surface area contributed by atoms with Gasteiger partial charge in [0.2, 0.25) is 10.0 Å². The maximum Gasteiger partial charge on any atom is 0.251 e. The van der Waals surface area contributed by atoms with Gasteiger partial charge in [0.25, 0.3) is 5.91 Å². The molecule has 0 atom stereocenters. The van der Waals surface area contributed by atoms with Crippen LogP contribution in [0.25, 0.3) is 11.3 Å². The Balaban J connectivity index is 1.68. The van der Waals surface area contributed by atoms with Gasteiger partial charge < -0.3 is 5.32 Å². The Morgan fingerprint density at radius 2 is 1.82 bits per heavy atom. The number of hydrogen-bond donors (Lipinski definition) is 1. The normalized spacial score (nSPS) is 11.4. The summed E-state index contributed by atoms with van der Waals surface area (Å²) in [5, 5.41) is 2.83. The van der Waals surface area contributed by atoms with Crippen LogP contribution in [0.4, 0.5) is 0 Å². The molecule has 1 N–H and O–H groups in total. The minimum absolute atomic E-state index is 0.143. The first-order chi connectivity index (χ1) is 13.4. The van der Waals surface area contributed by atoms with Gasteiger partial charge in [-0.1, -0.05) is 0 Å². The summed E-state index contributed by atoms with van der Waals surface area (Å²) in [6.45, 7) is 0.326. The number of hydrogen-bond acceptors (Lipinski definition) is 5. The molecule has 0 spiro atoms. The highest BCUT2D eigenvalue weighted by molar-refractivity contribution is 7.89. The fourth-order valence-electron chi connectivity index (χ4n) is 2.53. The smallest absolute Gasteiger partial charge is 0.251 e. The number of amides is 1. The van der Waals surface area contributed by atoms with E-state index in [0.717, 1.165) is 21.1 Å². The highest BCUT2D eigenvalue weighted by atomic mass is 32.2. The van der Waals surface area contributed by atoms with Crippen molar-refractivity contribution in [3.05, 3.63) is 78.2 Å². The van der Waals surface area contributed by atoms with Crippen LogP contribution in [0.15, 0.2) is 72.0 Å². The number of sulfonamides is 1. The first kappa shape index (κ1) is 19.7. The maximum absolute atomic E-state index is 12.4. The van der Waals surface area contributed by atoms with Crippen LogP contribution in [-0.4, -0.2) is 42.7 Å². The largest absolute Gasteiger partial charge is 0.348 e. The van der Waals surface area contributed by atoms with Gasteiger partial charge in [0.15, 0.2) is 0 Å². The summed E-state index contributed by atoms with van der Waals surface area (Å²) in [6, 6.07) is 13.3. The topological polar surface area (TPSA) is 92.3 Å². The zero-order valence-electron chi connectivity index (χ0n) is 15.5. The quantitative estimate of drug-likeness (QED) is 0.690. The van der Waals surface area contributed by atoms with E-state index in [4.69, 9.17) is 0 Å². The van der Waals surface area contributed by atoms with Crippen LogP contribution in [0.1, 0.15) is 15.9 Å². The average molecular weight is 396 g/mol. The van der Waals surface area contributed by atoms with Crippen LogP contribution < -0.4 is 5.32 Å². The predicted molar refractivity (Wildman–Crippen MR) is 106 cm³/mol. The predicted octanol–water partition coefficient (Wildman–Crippen LogP) is 2.32. The molecule has 0 radical (unpaired) electrons. The molecule has 144 valence electrons. The summed E-state index contributed by atoms with van der Waals surface area (Å²) in [6.07, 6.45) is 5.11. The van der Waals surface area contributed by atoms with Gasteiger partial charge in [0.1, 0.15) is 0 Å². The summed E-state index contributed by atoms with van der Waals surface area (Å²) in [7, 11) is -0.591. The molecule has 0 saturated carbocycles. The van der Waals surface area contributed by atoms with Gasteiger partial charge in [0.05, 0.1) is 10.6 Å². The van der Waals surface area contributed by atoms with Crippen molar-refractivity contribution in [2.24, 2.45) is 0 Å². The van der Waals surface area contributed by atoms with E-state index in [1.165, 1.54) is 38.4 Å². The molecular weight excluding hydrogens is 376 g/mol. The molecule has 7 nitrogen and oxygen atoms in total. The van der Waals surface area contributed by atoms with E-state index in [1.54, 1.807) is 18.6 Å². The molecule has 3 rings (SSSR count). The van der Waals surface area contributed by atoms with Crippen molar-refractivity contribution in [1.82, 2.24) is 19.6 Å². The lowest BCUT2D eigenvalue weighted by Crippen LogP contribution is -2.24. The summed E-state index contributed by atoms with van der Waals surface area (Å²) >= 11 is 0. The minimum Gasteiger partial charge on any atom is -0.348 e. The number of benzene rings is 1. The molecule has 8 heteroatoms.